The summed E-state index contributed by atoms with van der Waals surface area (Å²) in [6, 6.07) is 26.8. The van der Waals surface area contributed by atoms with Crippen molar-refractivity contribution in [2.75, 3.05) is 23.9 Å². The summed E-state index contributed by atoms with van der Waals surface area (Å²) in [5.41, 5.74) is 3.92. The fourth-order valence-corrected chi connectivity index (χ4v) is 9.65. The Labute approximate surface area is 458 Å². The van der Waals surface area contributed by atoms with Crippen LogP contribution in [-0.4, -0.2) is 46.3 Å². The number of hydrogen-bond donors (Lipinski definition) is 0. The van der Waals surface area contributed by atoms with E-state index in [1.165, 1.54) is 108 Å². The zero-order chi connectivity index (χ0) is 50.3. The summed E-state index contributed by atoms with van der Waals surface area (Å²) in [6.07, 6.45) is 21.8. The Morgan fingerprint density at radius 3 is 0.928 bits per heavy atom. The third kappa shape index (κ3) is 34.3. The van der Waals surface area contributed by atoms with E-state index in [4.69, 9.17) is 0 Å². The molecular weight excluding hydrogens is 1100 g/mol. The SMILES string of the molecule is Cc1ccc([S+](c2ccc(C)cc2)c2ccc(C)cc2)cc1.O=C(OCCCCCCCCCCCCBr)C(F)(F)SOO[O-].O=C(OCCCCCCCCCCCCBr)C(F)(F)SOO[O-].[Na+]. The Hall–Kier alpha value is -0.910. The Morgan fingerprint density at radius 1 is 0.464 bits per heavy atom. The van der Waals surface area contributed by atoms with Gasteiger partial charge in [0.05, 0.1) is 24.1 Å². The quantitative estimate of drug-likeness (QED) is 0.00638. The summed E-state index contributed by atoms with van der Waals surface area (Å²) in [4.78, 5) is 26.2. The number of hydrogen-bond acceptors (Lipinski definition) is 12. The van der Waals surface area contributed by atoms with Crippen LogP contribution in [0.15, 0.2) is 87.5 Å². The molecule has 20 heteroatoms. The summed E-state index contributed by atoms with van der Waals surface area (Å²) < 4.78 is 67.6. The molecule has 0 atom stereocenters. The van der Waals surface area contributed by atoms with Crippen molar-refractivity contribution in [1.29, 1.82) is 0 Å². The molecule has 0 radical (unpaired) electrons. The van der Waals surface area contributed by atoms with Gasteiger partial charge in [-0.15, -0.1) is 0 Å². The van der Waals surface area contributed by atoms with Crippen LogP contribution in [0, 0.1) is 20.8 Å². The van der Waals surface area contributed by atoms with Gasteiger partial charge in [0, 0.05) is 10.7 Å². The first kappa shape index (κ1) is 68.1. The van der Waals surface area contributed by atoms with E-state index in [-0.39, 0.29) is 53.7 Å². The van der Waals surface area contributed by atoms with Gasteiger partial charge in [-0.2, -0.15) is 26.2 Å². The summed E-state index contributed by atoms with van der Waals surface area (Å²) in [6.45, 7) is 6.28. The number of esters is 2. The molecule has 0 spiro atoms. The summed E-state index contributed by atoms with van der Waals surface area (Å²) in [5.74, 6) is -3.47. The Balaban J connectivity index is 0.000000998. The van der Waals surface area contributed by atoms with Crippen molar-refractivity contribution in [1.82, 2.24) is 0 Å². The molecule has 0 aliphatic rings. The van der Waals surface area contributed by atoms with E-state index < -0.39 is 46.5 Å². The van der Waals surface area contributed by atoms with Crippen molar-refractivity contribution in [2.24, 2.45) is 0 Å². The number of benzene rings is 3. The average Bonchev–Trinajstić information content (AvgIpc) is 3.33. The second kappa shape index (κ2) is 43.5. The molecular formula is C49H69Br2F4NaO10S3. The Kier molecular flexibility index (Phi) is 42.9. The van der Waals surface area contributed by atoms with Gasteiger partial charge in [0.15, 0.2) is 14.7 Å². The van der Waals surface area contributed by atoms with Gasteiger partial charge in [0.1, 0.15) is 24.1 Å². The van der Waals surface area contributed by atoms with Crippen LogP contribution in [0.1, 0.15) is 145 Å². The maximum atomic E-state index is 13.0. The minimum Gasteiger partial charge on any atom is -0.691 e. The third-order valence-corrected chi connectivity index (χ3v) is 14.5. The van der Waals surface area contributed by atoms with Crippen molar-refractivity contribution in [3.63, 3.8) is 0 Å². The van der Waals surface area contributed by atoms with Crippen LogP contribution in [0.25, 0.3) is 0 Å². The molecule has 0 amide bonds. The predicted octanol–water partition coefficient (Wildman–Crippen LogP) is 11.3. The maximum absolute atomic E-state index is 13.0. The van der Waals surface area contributed by atoms with Gasteiger partial charge >= 0.3 is 52.0 Å². The molecule has 10 nitrogen and oxygen atoms in total. The fraction of sp³-hybridized carbons (Fsp3) is 0.592. The van der Waals surface area contributed by atoms with Crippen molar-refractivity contribution in [3.05, 3.63) is 89.5 Å². The second-order valence-electron chi connectivity index (χ2n) is 15.9. The van der Waals surface area contributed by atoms with E-state index >= 15 is 0 Å². The Bertz CT molecular complexity index is 1550. The summed E-state index contributed by atoms with van der Waals surface area (Å²) >= 11 is 5.46. The number of carbonyl (C=O) groups is 2. The number of carbonyl (C=O) groups excluding carboxylic acids is 2. The average molecular weight is 1170 g/mol. The number of halogens is 6. The molecule has 3 rings (SSSR count). The maximum Gasteiger partial charge on any atom is 1.00 e. The number of alkyl halides is 6. The first-order valence-electron chi connectivity index (χ1n) is 23.2. The third-order valence-electron chi connectivity index (χ3n) is 10.1. The van der Waals surface area contributed by atoms with Crippen molar-refractivity contribution in [2.45, 2.75) is 174 Å². The van der Waals surface area contributed by atoms with Crippen molar-refractivity contribution >= 4 is 78.8 Å². The van der Waals surface area contributed by atoms with E-state index in [2.05, 4.69) is 154 Å². The zero-order valence-corrected chi connectivity index (χ0v) is 48.1. The molecule has 0 N–H and O–H groups in total. The summed E-state index contributed by atoms with van der Waals surface area (Å²) in [5, 5.41) is 18.7. The van der Waals surface area contributed by atoms with Gasteiger partial charge < -0.3 is 20.0 Å². The largest absolute Gasteiger partial charge is 1.00 e. The molecule has 0 saturated heterocycles. The molecule has 0 saturated carbocycles. The van der Waals surface area contributed by atoms with Crippen molar-refractivity contribution < 1.29 is 95.4 Å². The van der Waals surface area contributed by atoms with Crippen molar-refractivity contribution in [3.8, 4) is 0 Å². The molecule has 0 aliphatic carbocycles. The minimum absolute atomic E-state index is 0. The van der Waals surface area contributed by atoms with Gasteiger partial charge in [0.25, 0.3) is 0 Å². The normalized spacial score (nSPS) is 11.2. The van der Waals surface area contributed by atoms with Gasteiger partial charge in [-0.25, -0.2) is 9.59 Å². The van der Waals surface area contributed by atoms with Gasteiger partial charge in [-0.05, 0) is 82.9 Å². The molecule has 0 unspecified atom stereocenters. The topological polar surface area (TPSA) is 136 Å². The molecule has 0 aliphatic heterocycles. The standard InChI is InChI=1S/C21H21S.2C14H25BrF2O5S.Na/c1-16-4-10-19(11-5-16)22(20-12-6-17(2)7-13-20)21-14-8-18(3)9-15-21;2*15-11-9-7-5-3-1-2-4-6-8-10-12-20-13(18)14(16,17)23-22-21-19;/h4-15H,1-3H3;2*19H,1-12H2;/q+1;;;+1/p-2. The van der Waals surface area contributed by atoms with Crippen LogP contribution in [0.4, 0.5) is 17.6 Å². The molecule has 3 aromatic rings. The van der Waals surface area contributed by atoms with E-state index in [0.29, 0.717) is 12.8 Å². The zero-order valence-electron chi connectivity index (χ0n) is 40.5. The first-order chi connectivity index (χ1) is 32.7. The van der Waals surface area contributed by atoms with Gasteiger partial charge in [-0.1, -0.05) is 188 Å². The van der Waals surface area contributed by atoms with Gasteiger partial charge in [-0.3, -0.25) is 10.1 Å². The molecule has 3 aromatic carbocycles. The number of unbranched alkanes of at least 4 members (excludes halogenated alkanes) is 18. The summed E-state index contributed by atoms with van der Waals surface area (Å²) in [7, 11) is -0.0394. The molecule has 0 heterocycles. The smallest absolute Gasteiger partial charge is 0.691 e. The van der Waals surface area contributed by atoms with Crippen LogP contribution in [-0.2, 0) is 48.7 Å². The molecule has 69 heavy (non-hydrogen) atoms. The first-order valence-corrected chi connectivity index (χ1v) is 28.1. The van der Waals surface area contributed by atoms with Crippen LogP contribution >= 0.6 is 55.9 Å². The minimum atomic E-state index is -3.95. The van der Waals surface area contributed by atoms with E-state index in [0.717, 1.165) is 49.2 Å². The fourth-order valence-electron chi connectivity index (χ4n) is 6.33. The number of ether oxygens (including phenoxy) is 2. The van der Waals surface area contributed by atoms with Crippen LogP contribution in [0.2, 0.25) is 0 Å². The molecule has 386 valence electrons. The van der Waals surface area contributed by atoms with Crippen LogP contribution < -0.4 is 40.1 Å². The molecule has 0 aromatic heterocycles. The monoisotopic (exact) mass is 1170 g/mol. The van der Waals surface area contributed by atoms with E-state index in [1.54, 1.807) is 0 Å². The van der Waals surface area contributed by atoms with Crippen LogP contribution in [0.3, 0.4) is 0 Å². The molecule has 0 fully saturated rings. The number of rotatable bonds is 35. The number of aryl methyl sites for hydroxylation is 3. The predicted molar refractivity (Wildman–Crippen MR) is 267 cm³/mol. The van der Waals surface area contributed by atoms with Crippen LogP contribution in [0.5, 0.6) is 0 Å². The second-order valence-corrected chi connectivity index (χ2v) is 21.2. The Morgan fingerprint density at radius 2 is 0.696 bits per heavy atom. The van der Waals surface area contributed by atoms with E-state index in [1.807, 2.05) is 0 Å². The molecule has 0 bridgehead atoms. The van der Waals surface area contributed by atoms with E-state index in [9.17, 15) is 37.7 Å². The van der Waals surface area contributed by atoms with Gasteiger partial charge in [0.2, 0.25) is 0 Å².